The monoisotopic (exact) mass is 548 g/mol. The van der Waals surface area contributed by atoms with E-state index in [2.05, 4.69) is 39.8 Å². The lowest BCUT2D eigenvalue weighted by Gasteiger charge is -2.37. The first-order valence-corrected chi connectivity index (χ1v) is 9.91. The van der Waals surface area contributed by atoms with Crippen LogP contribution in [0.1, 0.15) is 18.4 Å². The number of amides is 2. The third-order valence-corrected chi connectivity index (χ3v) is 6.55. The Morgan fingerprint density at radius 3 is 2.21 bits per heavy atom. The zero-order chi connectivity index (χ0) is 17.0. The molecular formula is C17H14I2N2O3. The van der Waals surface area contributed by atoms with E-state index in [4.69, 9.17) is 0 Å². The molecule has 3 aliphatic carbocycles. The molecule has 1 saturated carbocycles. The van der Waals surface area contributed by atoms with Gasteiger partial charge >= 0.3 is 0 Å². The Balaban J connectivity index is 1.64. The lowest BCUT2D eigenvalue weighted by molar-refractivity contribution is -0.140. The van der Waals surface area contributed by atoms with Gasteiger partial charge in [-0.05, 0) is 82.0 Å². The van der Waals surface area contributed by atoms with Gasteiger partial charge in [-0.1, -0.05) is 12.2 Å². The molecular weight excluding hydrogens is 534 g/mol. The van der Waals surface area contributed by atoms with Crippen molar-refractivity contribution in [3.05, 3.63) is 37.0 Å². The average Bonchev–Trinajstić information content (AvgIpc) is 2.84. The van der Waals surface area contributed by atoms with Crippen molar-refractivity contribution < 1.29 is 14.7 Å². The molecule has 2 fully saturated rings. The van der Waals surface area contributed by atoms with Gasteiger partial charge in [-0.15, -0.1) is 0 Å². The van der Waals surface area contributed by atoms with Crippen molar-refractivity contribution in [2.45, 2.75) is 12.8 Å². The first-order chi connectivity index (χ1) is 11.5. The van der Waals surface area contributed by atoms with E-state index < -0.39 is 0 Å². The molecule has 4 atom stereocenters. The van der Waals surface area contributed by atoms with Crippen LogP contribution in [0.2, 0.25) is 0 Å². The number of carbonyl (C=O) groups excluding carboxylic acids is 2. The molecule has 4 aliphatic rings. The number of halogens is 2. The third kappa shape index (κ3) is 2.51. The van der Waals surface area contributed by atoms with Crippen molar-refractivity contribution in [3.8, 4) is 5.75 Å². The second kappa shape index (κ2) is 6.08. The number of phenolic OH excluding ortho intramolecular Hbond substituents is 1. The molecule has 0 radical (unpaired) electrons. The summed E-state index contributed by atoms with van der Waals surface area (Å²) in [5, 5.41) is 15.3. The number of rotatable bonds is 2. The third-order valence-electron chi connectivity index (χ3n) is 5.11. The van der Waals surface area contributed by atoms with Gasteiger partial charge in [0.15, 0.2) is 0 Å². The largest absolute Gasteiger partial charge is 0.506 e. The summed E-state index contributed by atoms with van der Waals surface area (Å²) in [4.78, 5) is 25.3. The Labute approximate surface area is 166 Å². The number of carbonyl (C=O) groups is 2. The first kappa shape index (κ1) is 16.5. The van der Waals surface area contributed by atoms with Gasteiger partial charge in [0.1, 0.15) is 5.75 Å². The molecule has 1 N–H and O–H groups in total. The summed E-state index contributed by atoms with van der Waals surface area (Å²) in [6.45, 7) is 0. The summed E-state index contributed by atoms with van der Waals surface area (Å²) in [6, 6.07) is 3.61. The predicted molar refractivity (Wildman–Crippen MR) is 105 cm³/mol. The molecule has 0 spiro atoms. The molecule has 24 heavy (non-hydrogen) atoms. The molecule has 124 valence electrons. The maximum Gasteiger partial charge on any atom is 0.254 e. The van der Waals surface area contributed by atoms with Crippen LogP contribution in [0.25, 0.3) is 0 Å². The molecule has 0 aromatic heterocycles. The lowest BCUT2D eigenvalue weighted by Crippen LogP contribution is -2.38. The van der Waals surface area contributed by atoms with E-state index >= 15 is 0 Å². The molecule has 1 aromatic rings. The molecule has 5 rings (SSSR count). The molecule has 1 aliphatic heterocycles. The van der Waals surface area contributed by atoms with Crippen LogP contribution in [0.4, 0.5) is 0 Å². The molecule has 7 heteroatoms. The van der Waals surface area contributed by atoms with Crippen LogP contribution < -0.4 is 0 Å². The lowest BCUT2D eigenvalue weighted by atomic mass is 9.63. The van der Waals surface area contributed by atoms with Gasteiger partial charge in [-0.2, -0.15) is 10.1 Å². The Morgan fingerprint density at radius 2 is 1.67 bits per heavy atom. The standard InChI is InChI=1S/C17H14I2N2O3/c18-11-5-10(15(22)12(19)6-11)7-20-21-16(23)13-8-1-2-9(4-3-8)14(13)17(21)24/h1-2,5-9,13-14,22H,3-4H2/b20-7-/t8-,9-,13+,14+/m0/s1. The fourth-order valence-electron chi connectivity index (χ4n) is 3.98. The van der Waals surface area contributed by atoms with Crippen LogP contribution in [0, 0.1) is 30.8 Å². The summed E-state index contributed by atoms with van der Waals surface area (Å²) in [6.07, 6.45) is 7.51. The highest BCUT2D eigenvalue weighted by Gasteiger charge is 2.56. The summed E-state index contributed by atoms with van der Waals surface area (Å²) < 4.78 is 1.65. The van der Waals surface area contributed by atoms with Gasteiger partial charge in [0, 0.05) is 9.13 Å². The number of aromatic hydroxyl groups is 1. The minimum absolute atomic E-state index is 0.109. The molecule has 1 aromatic carbocycles. The van der Waals surface area contributed by atoms with Crippen molar-refractivity contribution >= 4 is 63.2 Å². The van der Waals surface area contributed by atoms with Crippen molar-refractivity contribution in [2.24, 2.45) is 28.8 Å². The number of fused-ring (bicyclic) bond motifs is 1. The minimum Gasteiger partial charge on any atom is -0.506 e. The molecule has 2 amide bonds. The normalized spacial score (nSPS) is 31.3. The molecule has 5 nitrogen and oxygen atoms in total. The molecule has 0 unspecified atom stereocenters. The Hall–Kier alpha value is -0.970. The second-order valence-electron chi connectivity index (χ2n) is 6.40. The minimum atomic E-state index is -0.261. The van der Waals surface area contributed by atoms with E-state index in [1.165, 1.54) is 6.21 Å². The van der Waals surface area contributed by atoms with Gasteiger partial charge < -0.3 is 5.11 Å². The van der Waals surface area contributed by atoms with Crippen molar-refractivity contribution in [2.75, 3.05) is 0 Å². The van der Waals surface area contributed by atoms with Gasteiger partial charge in [0.05, 0.1) is 21.6 Å². The van der Waals surface area contributed by atoms with E-state index in [0.717, 1.165) is 21.4 Å². The van der Waals surface area contributed by atoms with E-state index in [0.29, 0.717) is 9.13 Å². The summed E-state index contributed by atoms with van der Waals surface area (Å²) in [5.74, 6) is -0.517. The summed E-state index contributed by atoms with van der Waals surface area (Å²) in [5.41, 5.74) is 0.503. The second-order valence-corrected chi connectivity index (χ2v) is 8.81. The number of hydrazone groups is 1. The fourth-order valence-corrected chi connectivity index (χ4v) is 5.87. The van der Waals surface area contributed by atoms with E-state index in [1.54, 1.807) is 6.07 Å². The molecule has 1 saturated heterocycles. The van der Waals surface area contributed by atoms with Gasteiger partial charge in [0.2, 0.25) is 0 Å². The maximum absolute atomic E-state index is 12.7. The van der Waals surface area contributed by atoms with E-state index in [1.807, 2.05) is 28.7 Å². The Morgan fingerprint density at radius 1 is 1.08 bits per heavy atom. The fraction of sp³-hybridized carbons (Fsp3) is 0.353. The van der Waals surface area contributed by atoms with E-state index in [9.17, 15) is 14.7 Å². The van der Waals surface area contributed by atoms with Crippen LogP contribution in [0.15, 0.2) is 29.4 Å². The quantitative estimate of drug-likeness (QED) is 0.268. The van der Waals surface area contributed by atoms with E-state index in [-0.39, 0.29) is 41.2 Å². The molecule has 1 heterocycles. The number of hydrogen-bond donors (Lipinski definition) is 1. The van der Waals surface area contributed by atoms with Crippen molar-refractivity contribution in [3.63, 3.8) is 0 Å². The summed E-state index contributed by atoms with van der Waals surface area (Å²) in [7, 11) is 0. The number of phenols is 1. The highest BCUT2D eigenvalue weighted by molar-refractivity contribution is 14.1. The van der Waals surface area contributed by atoms with Crippen LogP contribution in [0.5, 0.6) is 5.75 Å². The van der Waals surface area contributed by atoms with Gasteiger partial charge in [-0.25, -0.2) is 0 Å². The highest BCUT2D eigenvalue weighted by atomic mass is 127. The number of imide groups is 1. The van der Waals surface area contributed by atoms with Crippen LogP contribution in [0.3, 0.4) is 0 Å². The van der Waals surface area contributed by atoms with Crippen LogP contribution >= 0.6 is 45.2 Å². The van der Waals surface area contributed by atoms with Crippen molar-refractivity contribution in [1.82, 2.24) is 5.01 Å². The van der Waals surface area contributed by atoms with Crippen LogP contribution in [-0.2, 0) is 9.59 Å². The SMILES string of the molecule is O=C1[C@H]2[C@H](C(=O)N1/N=C\c1cc(I)cc(I)c1O)[C@H]1C=C[C@H]2CC1. The Bertz CT molecular complexity index is 773. The Kier molecular flexibility index (Phi) is 4.18. The predicted octanol–water partition coefficient (Wildman–Crippen LogP) is 3.13. The van der Waals surface area contributed by atoms with Crippen LogP contribution in [-0.4, -0.2) is 28.1 Å². The first-order valence-electron chi connectivity index (χ1n) is 7.75. The zero-order valence-corrected chi connectivity index (χ0v) is 16.8. The smallest absolute Gasteiger partial charge is 0.254 e. The van der Waals surface area contributed by atoms with Gasteiger partial charge in [0.25, 0.3) is 11.8 Å². The number of allylic oxidation sites excluding steroid dienone is 2. The molecule has 2 bridgehead atoms. The van der Waals surface area contributed by atoms with Gasteiger partial charge in [-0.3, -0.25) is 9.59 Å². The van der Waals surface area contributed by atoms with Crippen molar-refractivity contribution in [1.29, 1.82) is 0 Å². The zero-order valence-electron chi connectivity index (χ0n) is 12.5. The summed E-state index contributed by atoms with van der Waals surface area (Å²) >= 11 is 4.19. The number of benzene rings is 1. The number of hydrogen-bond acceptors (Lipinski definition) is 4. The average molecular weight is 548 g/mol. The maximum atomic E-state index is 12.7. The topological polar surface area (TPSA) is 70.0 Å². The highest BCUT2D eigenvalue weighted by Crippen LogP contribution is 2.49. The number of nitrogens with zero attached hydrogens (tertiary/aromatic N) is 2.